The number of hydrogen-bond acceptors (Lipinski definition) is 3. The van der Waals surface area contributed by atoms with Crippen molar-refractivity contribution in [1.82, 2.24) is 5.32 Å². The molecule has 0 fully saturated rings. The summed E-state index contributed by atoms with van der Waals surface area (Å²) in [5, 5.41) is 12.2. The first-order chi connectivity index (χ1) is 10.1. The molecule has 0 unspecified atom stereocenters. The van der Waals surface area contributed by atoms with Crippen LogP contribution in [0.1, 0.15) is 29.7 Å². The molecule has 3 nitrogen and oxygen atoms in total. The number of nitrogens with one attached hydrogen (secondary N) is 1. The van der Waals surface area contributed by atoms with Gasteiger partial charge in [-0.3, -0.25) is 0 Å². The van der Waals surface area contributed by atoms with Crippen LogP contribution in [0.2, 0.25) is 0 Å². The van der Waals surface area contributed by atoms with Crippen LogP contribution >= 0.6 is 0 Å². The van der Waals surface area contributed by atoms with Crippen molar-refractivity contribution in [3.8, 4) is 11.8 Å². The fourth-order valence-electron chi connectivity index (χ4n) is 2.12. The van der Waals surface area contributed by atoms with Crippen LogP contribution in [0.4, 0.5) is 4.39 Å². The van der Waals surface area contributed by atoms with Crippen LogP contribution in [0.3, 0.4) is 0 Å². The first-order valence-corrected chi connectivity index (χ1v) is 6.69. The van der Waals surface area contributed by atoms with Crippen LogP contribution in [0.15, 0.2) is 42.5 Å². The Morgan fingerprint density at radius 1 is 1.29 bits per heavy atom. The maximum atomic E-state index is 13.4. The minimum atomic E-state index is -0.389. The number of nitriles is 1. The number of hydrogen-bond donors (Lipinski definition) is 1. The van der Waals surface area contributed by atoms with Crippen molar-refractivity contribution in [1.29, 1.82) is 5.26 Å². The Balaban J connectivity index is 2.05. The molecule has 0 aliphatic carbocycles. The normalized spacial score (nSPS) is 11.7. The van der Waals surface area contributed by atoms with E-state index < -0.39 is 0 Å². The zero-order chi connectivity index (χ0) is 15.2. The summed E-state index contributed by atoms with van der Waals surface area (Å²) in [5.41, 5.74) is 2.17. The van der Waals surface area contributed by atoms with Crippen molar-refractivity contribution in [3.05, 3.63) is 65.0 Å². The summed E-state index contributed by atoms with van der Waals surface area (Å²) in [6.07, 6.45) is 0. The molecule has 0 amide bonds. The van der Waals surface area contributed by atoms with Crippen LogP contribution in [0, 0.1) is 17.1 Å². The molecule has 21 heavy (non-hydrogen) atoms. The van der Waals surface area contributed by atoms with Gasteiger partial charge in [-0.1, -0.05) is 12.1 Å². The zero-order valence-corrected chi connectivity index (χ0v) is 12.1. The number of rotatable bonds is 5. The fourth-order valence-corrected chi connectivity index (χ4v) is 2.12. The minimum Gasteiger partial charge on any atom is -0.497 e. The predicted octanol–water partition coefficient (Wildman–Crippen LogP) is 3.56. The van der Waals surface area contributed by atoms with Gasteiger partial charge >= 0.3 is 0 Å². The molecule has 0 saturated heterocycles. The molecule has 2 rings (SSSR count). The monoisotopic (exact) mass is 284 g/mol. The van der Waals surface area contributed by atoms with Crippen LogP contribution < -0.4 is 10.1 Å². The average Bonchev–Trinajstić information content (AvgIpc) is 2.52. The van der Waals surface area contributed by atoms with Gasteiger partial charge in [0.15, 0.2) is 0 Å². The Morgan fingerprint density at radius 3 is 2.81 bits per heavy atom. The quantitative estimate of drug-likeness (QED) is 0.913. The minimum absolute atomic E-state index is 0.0916. The number of ether oxygens (including phenoxy) is 1. The lowest BCUT2D eigenvalue weighted by molar-refractivity contribution is 0.413. The largest absolute Gasteiger partial charge is 0.497 e. The summed E-state index contributed by atoms with van der Waals surface area (Å²) >= 11 is 0. The lowest BCUT2D eigenvalue weighted by Crippen LogP contribution is -2.18. The molecule has 0 radical (unpaired) electrons. The summed E-state index contributed by atoms with van der Waals surface area (Å²) in [7, 11) is 1.63. The predicted molar refractivity (Wildman–Crippen MR) is 79.4 cm³/mol. The van der Waals surface area contributed by atoms with E-state index in [1.807, 2.05) is 37.3 Å². The van der Waals surface area contributed by atoms with E-state index >= 15 is 0 Å². The van der Waals surface area contributed by atoms with Crippen LogP contribution in [0.5, 0.6) is 5.75 Å². The van der Waals surface area contributed by atoms with Gasteiger partial charge in [0.05, 0.1) is 18.7 Å². The van der Waals surface area contributed by atoms with Crippen molar-refractivity contribution in [2.75, 3.05) is 7.11 Å². The van der Waals surface area contributed by atoms with Gasteiger partial charge in [-0.25, -0.2) is 4.39 Å². The molecule has 1 N–H and O–H groups in total. The molecule has 2 aromatic rings. The number of halogens is 1. The van der Waals surface area contributed by atoms with Gasteiger partial charge in [-0.05, 0) is 48.4 Å². The maximum absolute atomic E-state index is 13.4. The fraction of sp³-hybridized carbons (Fsp3) is 0.235. The van der Waals surface area contributed by atoms with E-state index in [1.54, 1.807) is 13.2 Å². The second kappa shape index (κ2) is 6.87. The SMILES string of the molecule is COc1cccc([C@H](C)NCc2cc(F)cc(C#N)c2)c1. The highest BCUT2D eigenvalue weighted by atomic mass is 19.1. The van der Waals surface area contributed by atoms with Gasteiger partial charge in [0, 0.05) is 12.6 Å². The van der Waals surface area contributed by atoms with Crippen molar-refractivity contribution in [3.63, 3.8) is 0 Å². The van der Waals surface area contributed by atoms with E-state index in [1.165, 1.54) is 12.1 Å². The van der Waals surface area contributed by atoms with Gasteiger partial charge in [0.1, 0.15) is 11.6 Å². The number of nitrogens with zero attached hydrogens (tertiary/aromatic N) is 1. The summed E-state index contributed by atoms with van der Waals surface area (Å²) in [5.74, 6) is 0.415. The van der Waals surface area contributed by atoms with E-state index in [-0.39, 0.29) is 11.9 Å². The highest BCUT2D eigenvalue weighted by molar-refractivity contribution is 5.34. The van der Waals surface area contributed by atoms with Crippen molar-refractivity contribution in [2.45, 2.75) is 19.5 Å². The molecule has 4 heteroatoms. The van der Waals surface area contributed by atoms with Crippen molar-refractivity contribution < 1.29 is 9.13 Å². The number of methoxy groups -OCH3 is 1. The van der Waals surface area contributed by atoms with Crippen molar-refractivity contribution >= 4 is 0 Å². The third kappa shape index (κ3) is 4.04. The second-order valence-electron chi connectivity index (χ2n) is 4.84. The molecule has 0 heterocycles. The molecular formula is C17H17FN2O. The zero-order valence-electron chi connectivity index (χ0n) is 12.1. The Hall–Kier alpha value is -2.38. The van der Waals surface area contributed by atoms with E-state index in [0.717, 1.165) is 16.9 Å². The maximum Gasteiger partial charge on any atom is 0.124 e. The van der Waals surface area contributed by atoms with Gasteiger partial charge in [-0.2, -0.15) is 5.26 Å². The third-order valence-electron chi connectivity index (χ3n) is 3.29. The van der Waals surface area contributed by atoms with E-state index in [0.29, 0.717) is 12.1 Å². The summed E-state index contributed by atoms with van der Waals surface area (Å²) < 4.78 is 18.6. The molecule has 0 aliphatic rings. The smallest absolute Gasteiger partial charge is 0.124 e. The van der Waals surface area contributed by atoms with Gasteiger partial charge in [-0.15, -0.1) is 0 Å². The molecule has 0 aromatic heterocycles. The molecule has 108 valence electrons. The lowest BCUT2D eigenvalue weighted by atomic mass is 10.1. The van der Waals surface area contributed by atoms with E-state index in [4.69, 9.17) is 10.00 Å². The highest BCUT2D eigenvalue weighted by Crippen LogP contribution is 2.19. The first kappa shape index (κ1) is 15.0. The Kier molecular flexibility index (Phi) is 4.91. The standard InChI is InChI=1S/C17H17FN2O/c1-12(15-4-3-5-17(9-15)21-2)20-11-14-6-13(10-19)7-16(18)8-14/h3-9,12,20H,11H2,1-2H3/t12-/m0/s1. The second-order valence-corrected chi connectivity index (χ2v) is 4.84. The van der Waals surface area contributed by atoms with Gasteiger partial charge in [0.2, 0.25) is 0 Å². The van der Waals surface area contributed by atoms with Crippen LogP contribution in [-0.4, -0.2) is 7.11 Å². The Bertz CT molecular complexity index is 664. The summed E-state index contributed by atoms with van der Waals surface area (Å²) in [6, 6.07) is 14.2. The highest BCUT2D eigenvalue weighted by Gasteiger charge is 2.07. The van der Waals surface area contributed by atoms with Crippen LogP contribution in [-0.2, 0) is 6.54 Å². The molecule has 2 aromatic carbocycles. The summed E-state index contributed by atoms with van der Waals surface area (Å²) in [4.78, 5) is 0. The molecule has 0 aliphatic heterocycles. The molecule has 0 saturated carbocycles. The lowest BCUT2D eigenvalue weighted by Gasteiger charge is -2.15. The van der Waals surface area contributed by atoms with Gasteiger partial charge in [0.25, 0.3) is 0 Å². The number of benzene rings is 2. The Labute approximate surface area is 124 Å². The Morgan fingerprint density at radius 2 is 2.10 bits per heavy atom. The third-order valence-corrected chi connectivity index (χ3v) is 3.29. The first-order valence-electron chi connectivity index (χ1n) is 6.69. The van der Waals surface area contributed by atoms with E-state index in [2.05, 4.69) is 5.32 Å². The summed E-state index contributed by atoms with van der Waals surface area (Å²) in [6.45, 7) is 2.52. The molecule has 1 atom stereocenters. The van der Waals surface area contributed by atoms with Crippen molar-refractivity contribution in [2.24, 2.45) is 0 Å². The van der Waals surface area contributed by atoms with E-state index in [9.17, 15) is 4.39 Å². The average molecular weight is 284 g/mol. The molecule has 0 bridgehead atoms. The molecular weight excluding hydrogens is 267 g/mol. The molecule has 0 spiro atoms. The topological polar surface area (TPSA) is 45.0 Å². The van der Waals surface area contributed by atoms with Crippen LogP contribution in [0.25, 0.3) is 0 Å². The van der Waals surface area contributed by atoms with Gasteiger partial charge < -0.3 is 10.1 Å².